The van der Waals surface area contributed by atoms with Crippen LogP contribution in [0.5, 0.6) is 0 Å². The molecule has 3 aromatic rings. The van der Waals surface area contributed by atoms with Gasteiger partial charge in [-0.15, -0.1) is 0 Å². The molecule has 106 valence electrons. The third kappa shape index (κ3) is 2.79. The largest absolute Gasteiger partial charge is 0.321 e. The molecule has 0 fully saturated rings. The van der Waals surface area contributed by atoms with Crippen molar-refractivity contribution in [1.82, 2.24) is 29.7 Å². The van der Waals surface area contributed by atoms with Crippen molar-refractivity contribution < 1.29 is 4.39 Å². The van der Waals surface area contributed by atoms with Crippen LogP contribution in [0.2, 0.25) is 5.28 Å². The third-order valence-electron chi connectivity index (χ3n) is 2.68. The summed E-state index contributed by atoms with van der Waals surface area (Å²) in [5, 5.41) is 6.67. The van der Waals surface area contributed by atoms with Gasteiger partial charge >= 0.3 is 0 Å². The number of benzene rings is 1. The van der Waals surface area contributed by atoms with Gasteiger partial charge in [-0.05, 0) is 30.2 Å². The van der Waals surface area contributed by atoms with Gasteiger partial charge in [-0.2, -0.15) is 24.7 Å². The topological polar surface area (TPSA) is 81.4 Å². The zero-order valence-electron chi connectivity index (χ0n) is 10.8. The van der Waals surface area contributed by atoms with E-state index in [0.717, 1.165) is 0 Å². The molecule has 0 bridgehead atoms. The van der Waals surface area contributed by atoms with Gasteiger partial charge in [0, 0.05) is 0 Å². The molecule has 0 aliphatic heterocycles. The molecule has 1 N–H and O–H groups in total. The van der Waals surface area contributed by atoms with Crippen molar-refractivity contribution in [3.8, 4) is 5.95 Å². The summed E-state index contributed by atoms with van der Waals surface area (Å²) in [4.78, 5) is 15.8. The maximum absolute atomic E-state index is 13.8. The van der Waals surface area contributed by atoms with Crippen molar-refractivity contribution in [1.29, 1.82) is 0 Å². The summed E-state index contributed by atoms with van der Waals surface area (Å²) in [5.41, 5.74) is 0.998. The molecule has 2 aromatic heterocycles. The molecule has 0 aliphatic carbocycles. The van der Waals surface area contributed by atoms with Gasteiger partial charge in [-0.1, -0.05) is 12.1 Å². The van der Waals surface area contributed by atoms with Gasteiger partial charge in [-0.25, -0.2) is 9.37 Å². The number of aromatic nitrogens is 6. The molecule has 9 heteroatoms. The number of hydrogen-bond donors (Lipinski definition) is 1. The van der Waals surface area contributed by atoms with Crippen molar-refractivity contribution in [2.45, 2.75) is 6.92 Å². The van der Waals surface area contributed by atoms with Gasteiger partial charge in [0.15, 0.2) is 0 Å². The van der Waals surface area contributed by atoms with E-state index in [1.54, 1.807) is 19.1 Å². The molecule has 0 aliphatic rings. The second-order valence-corrected chi connectivity index (χ2v) is 4.46. The molecule has 0 amide bonds. The van der Waals surface area contributed by atoms with Gasteiger partial charge < -0.3 is 5.32 Å². The van der Waals surface area contributed by atoms with Crippen molar-refractivity contribution >= 4 is 23.2 Å². The van der Waals surface area contributed by atoms with Crippen LogP contribution in [0.1, 0.15) is 5.56 Å². The van der Waals surface area contributed by atoms with Crippen LogP contribution in [0.4, 0.5) is 16.0 Å². The highest BCUT2D eigenvalue weighted by Gasteiger charge is 2.11. The van der Waals surface area contributed by atoms with Gasteiger partial charge in [0.05, 0.1) is 5.69 Å². The van der Waals surface area contributed by atoms with Crippen LogP contribution < -0.4 is 5.32 Å². The van der Waals surface area contributed by atoms with Crippen LogP contribution in [0.3, 0.4) is 0 Å². The quantitative estimate of drug-likeness (QED) is 0.799. The van der Waals surface area contributed by atoms with Crippen molar-refractivity contribution in [2.75, 3.05) is 5.32 Å². The molecule has 0 unspecified atom stereocenters. The summed E-state index contributed by atoms with van der Waals surface area (Å²) < 4.78 is 15.1. The number of rotatable bonds is 3. The van der Waals surface area contributed by atoms with Crippen molar-refractivity contribution in [3.63, 3.8) is 0 Å². The summed E-state index contributed by atoms with van der Waals surface area (Å²) >= 11 is 5.86. The average molecular weight is 306 g/mol. The van der Waals surface area contributed by atoms with E-state index >= 15 is 0 Å². The molecule has 7 nitrogen and oxygen atoms in total. The Morgan fingerprint density at radius 1 is 1.24 bits per heavy atom. The number of para-hydroxylation sites is 1. The molecule has 21 heavy (non-hydrogen) atoms. The zero-order chi connectivity index (χ0) is 14.8. The van der Waals surface area contributed by atoms with E-state index in [1.165, 1.54) is 23.4 Å². The van der Waals surface area contributed by atoms with Crippen molar-refractivity contribution in [2.24, 2.45) is 0 Å². The summed E-state index contributed by atoms with van der Waals surface area (Å²) in [6, 6.07) is 4.74. The van der Waals surface area contributed by atoms with E-state index in [9.17, 15) is 4.39 Å². The second kappa shape index (κ2) is 5.41. The first-order chi connectivity index (χ1) is 10.1. The van der Waals surface area contributed by atoms with E-state index in [2.05, 4.69) is 30.4 Å². The first kappa shape index (κ1) is 13.4. The van der Waals surface area contributed by atoms with Gasteiger partial charge in [0.25, 0.3) is 5.95 Å². The van der Waals surface area contributed by atoms with Gasteiger partial charge in [0.1, 0.15) is 18.5 Å². The predicted octanol–water partition coefficient (Wildman–Crippen LogP) is 2.30. The number of aryl methyl sites for hydroxylation is 1. The fourth-order valence-electron chi connectivity index (χ4n) is 1.71. The van der Waals surface area contributed by atoms with Crippen molar-refractivity contribution in [3.05, 3.63) is 47.5 Å². The van der Waals surface area contributed by atoms with E-state index in [-0.39, 0.29) is 22.9 Å². The van der Waals surface area contributed by atoms with E-state index in [1.807, 2.05) is 0 Å². The molecule has 0 saturated heterocycles. The number of hydrogen-bond acceptors (Lipinski definition) is 6. The molecule has 0 saturated carbocycles. The minimum atomic E-state index is -0.408. The lowest BCUT2D eigenvalue weighted by molar-refractivity contribution is 0.630. The molecule has 1 aromatic carbocycles. The average Bonchev–Trinajstić information content (AvgIpc) is 2.97. The molecule has 0 atom stereocenters. The molecular weight excluding hydrogens is 297 g/mol. The minimum Gasteiger partial charge on any atom is -0.321 e. The van der Waals surface area contributed by atoms with Gasteiger partial charge in [-0.3, -0.25) is 0 Å². The first-order valence-corrected chi connectivity index (χ1v) is 6.30. The molecule has 0 spiro atoms. The monoisotopic (exact) mass is 305 g/mol. The fourth-order valence-corrected chi connectivity index (χ4v) is 1.87. The Morgan fingerprint density at radius 2 is 2.10 bits per heavy atom. The maximum atomic E-state index is 13.8. The normalized spacial score (nSPS) is 10.6. The summed E-state index contributed by atoms with van der Waals surface area (Å²) in [6.45, 7) is 1.77. The smallest absolute Gasteiger partial charge is 0.258 e. The Hall–Kier alpha value is -2.61. The van der Waals surface area contributed by atoms with Crippen LogP contribution >= 0.6 is 11.6 Å². The van der Waals surface area contributed by atoms with Crippen LogP contribution in [-0.2, 0) is 0 Å². The SMILES string of the molecule is Cc1cccc(F)c1Nc1nc(Cl)nc(-n2cncn2)n1. The summed E-state index contributed by atoms with van der Waals surface area (Å²) in [6.07, 6.45) is 2.76. The molecular formula is C12H9ClFN7. The number of anilines is 2. The predicted molar refractivity (Wildman–Crippen MR) is 74.2 cm³/mol. The Balaban J connectivity index is 2.00. The Kier molecular flexibility index (Phi) is 3.44. The number of nitrogens with one attached hydrogen (secondary N) is 1. The highest BCUT2D eigenvalue weighted by molar-refractivity contribution is 6.28. The number of halogens is 2. The van der Waals surface area contributed by atoms with E-state index < -0.39 is 5.82 Å². The van der Waals surface area contributed by atoms with Crippen LogP contribution in [0.25, 0.3) is 5.95 Å². The lowest BCUT2D eigenvalue weighted by Crippen LogP contribution is -2.08. The highest BCUT2D eigenvalue weighted by Crippen LogP contribution is 2.22. The second-order valence-electron chi connectivity index (χ2n) is 4.12. The lowest BCUT2D eigenvalue weighted by atomic mass is 10.2. The first-order valence-electron chi connectivity index (χ1n) is 5.92. The Bertz CT molecular complexity index is 755. The lowest BCUT2D eigenvalue weighted by Gasteiger charge is -2.09. The minimum absolute atomic E-state index is 0.0352. The number of nitrogens with zero attached hydrogens (tertiary/aromatic N) is 6. The van der Waals surface area contributed by atoms with Crippen LogP contribution in [0, 0.1) is 12.7 Å². The van der Waals surface area contributed by atoms with Crippen LogP contribution in [-0.4, -0.2) is 29.7 Å². The molecule has 3 rings (SSSR count). The van der Waals surface area contributed by atoms with E-state index in [4.69, 9.17) is 11.6 Å². The zero-order valence-corrected chi connectivity index (χ0v) is 11.6. The Morgan fingerprint density at radius 3 is 2.81 bits per heavy atom. The highest BCUT2D eigenvalue weighted by atomic mass is 35.5. The van der Waals surface area contributed by atoms with Gasteiger partial charge in [0.2, 0.25) is 11.2 Å². The Labute approximate surface area is 123 Å². The molecule has 2 heterocycles. The summed E-state index contributed by atoms with van der Waals surface area (Å²) in [5.74, 6) is -0.105. The third-order valence-corrected chi connectivity index (χ3v) is 2.85. The van der Waals surface area contributed by atoms with E-state index in [0.29, 0.717) is 5.56 Å². The van der Waals surface area contributed by atoms with Crippen LogP contribution in [0.15, 0.2) is 30.9 Å². The molecule has 0 radical (unpaired) electrons. The standard InChI is InChI=1S/C12H9ClFN7/c1-7-3-2-4-8(14)9(7)17-11-18-10(13)19-12(20-11)21-6-15-5-16-21/h2-6H,1H3,(H,17,18,19,20). The summed E-state index contributed by atoms with van der Waals surface area (Å²) in [7, 11) is 0. The fraction of sp³-hybridized carbons (Fsp3) is 0.0833. The maximum Gasteiger partial charge on any atom is 0.258 e.